The number of aromatic nitrogens is 3. The van der Waals surface area contributed by atoms with Crippen LogP contribution in [0.25, 0.3) is 0 Å². The number of rotatable bonds is 22. The molecule has 5 heterocycles. The van der Waals surface area contributed by atoms with Crippen LogP contribution in [0.4, 0.5) is 0 Å². The molecule has 7 rings (SSSR count). The quantitative estimate of drug-likeness (QED) is 0.0622. The summed E-state index contributed by atoms with van der Waals surface area (Å²) in [6.45, 7) is 15.4. The second kappa shape index (κ2) is 25.3. The number of amides is 5. The largest absolute Gasteiger partial charge is 0.379 e. The van der Waals surface area contributed by atoms with E-state index in [4.69, 9.17) is 21.7 Å². The molecule has 0 bridgehead atoms. The molecular weight excluding hydrogens is 985 g/mol. The maximum Gasteiger partial charge on any atom is 0.246 e. The fourth-order valence-electron chi connectivity index (χ4n) is 10.3. The Morgan fingerprint density at radius 3 is 1.79 bits per heavy atom. The summed E-state index contributed by atoms with van der Waals surface area (Å²) < 4.78 is 14.2. The first kappa shape index (κ1) is 56.1. The summed E-state index contributed by atoms with van der Waals surface area (Å²) in [7, 11) is 1.83. The van der Waals surface area contributed by atoms with Gasteiger partial charge in [-0.1, -0.05) is 120 Å². The van der Waals surface area contributed by atoms with Gasteiger partial charge in [0.25, 0.3) is 0 Å². The number of carbonyl (C=O) groups is 5. The number of nitrogens with one attached hydrogen (secondary N) is 5. The standard InChI is InChI=1S/C53H76N10O7S3/c1-9-33(2)46(64)55-38-21-25-72-42-27-52(4,5)44(62(42)50(38)67)47(65)56-40(35-17-12-10-13-18-35)31-69-24-16-23-61-29-37(59-60-61)30-70-32-41(36-19-14-11-15-20-36)57-48(66)45-53(6,7)28-43-63(45)51(68)39(22-26-73-43)58-49(71)34(3)54-8/h10-15,17-20,29,33-34,38-45,54H,9,16,21-28,30-32H2,1-8H3,(H,55,64)(H,56,65)(H,57,66)(H,58,71)/t33-,34+,38+,39+,40-,41-,42+,43+,44-,45-/m1/s1. The zero-order valence-electron chi connectivity index (χ0n) is 43.6. The van der Waals surface area contributed by atoms with E-state index >= 15 is 0 Å². The van der Waals surface area contributed by atoms with Gasteiger partial charge in [0.15, 0.2) is 0 Å². The Bertz CT molecular complexity index is 2380. The highest BCUT2D eigenvalue weighted by molar-refractivity contribution is 8.00. The summed E-state index contributed by atoms with van der Waals surface area (Å²) in [5.74, 6) is 0.342. The molecule has 10 atom stereocenters. The van der Waals surface area contributed by atoms with Gasteiger partial charge in [-0.2, -0.15) is 0 Å². The van der Waals surface area contributed by atoms with Crippen molar-refractivity contribution < 1.29 is 33.4 Å². The van der Waals surface area contributed by atoms with Gasteiger partial charge < -0.3 is 45.9 Å². The van der Waals surface area contributed by atoms with Gasteiger partial charge in [-0.05, 0) is 86.0 Å². The summed E-state index contributed by atoms with van der Waals surface area (Å²) >= 11 is 9.01. The molecule has 5 N–H and O–H groups in total. The number of hydrogen-bond acceptors (Lipinski definition) is 13. The molecule has 0 aliphatic carbocycles. The van der Waals surface area contributed by atoms with E-state index in [9.17, 15) is 24.0 Å². The lowest BCUT2D eigenvalue weighted by Gasteiger charge is -2.35. The molecule has 3 aromatic rings. The minimum atomic E-state index is -0.726. The second-order valence-corrected chi connectivity index (χ2v) is 24.2. The zero-order chi connectivity index (χ0) is 52.5. The Kier molecular flexibility index (Phi) is 19.4. The van der Waals surface area contributed by atoms with Crippen molar-refractivity contribution in [2.24, 2.45) is 16.7 Å². The molecule has 1 aromatic heterocycles. The molecule has 0 saturated carbocycles. The van der Waals surface area contributed by atoms with E-state index in [0.29, 0.717) is 68.1 Å². The number of carbonyl (C=O) groups excluding carboxylic acids is 5. The molecule has 4 saturated heterocycles. The van der Waals surface area contributed by atoms with Crippen LogP contribution in [-0.2, 0) is 46.6 Å². The van der Waals surface area contributed by atoms with Crippen molar-refractivity contribution >= 4 is 70.3 Å². The van der Waals surface area contributed by atoms with E-state index in [1.165, 1.54) is 0 Å². The van der Waals surface area contributed by atoms with Gasteiger partial charge in [0.05, 0.1) is 59.9 Å². The molecule has 4 aliphatic rings. The average Bonchev–Trinajstić information content (AvgIpc) is 3.96. The molecule has 17 nitrogen and oxygen atoms in total. The highest BCUT2D eigenvalue weighted by Crippen LogP contribution is 2.48. The van der Waals surface area contributed by atoms with Crippen molar-refractivity contribution in [3.8, 4) is 0 Å². The van der Waals surface area contributed by atoms with Gasteiger partial charge in [0.2, 0.25) is 29.5 Å². The Morgan fingerprint density at radius 2 is 1.29 bits per heavy atom. The first-order valence-electron chi connectivity index (χ1n) is 25.8. The number of thiocarbonyl (C=S) groups is 1. The van der Waals surface area contributed by atoms with Crippen molar-refractivity contribution in [3.05, 3.63) is 83.7 Å². The molecule has 0 radical (unpaired) electrons. The fourth-order valence-corrected chi connectivity index (χ4v) is 13.7. The second-order valence-electron chi connectivity index (χ2n) is 21.2. The summed E-state index contributed by atoms with van der Waals surface area (Å²) in [5.41, 5.74) is 1.42. The van der Waals surface area contributed by atoms with E-state index in [-0.39, 0.29) is 72.1 Å². The Balaban J connectivity index is 0.920. The summed E-state index contributed by atoms with van der Waals surface area (Å²) in [6.07, 6.45) is 5.62. The highest BCUT2D eigenvalue weighted by atomic mass is 32.2. The summed E-state index contributed by atoms with van der Waals surface area (Å²) in [6, 6.07) is 15.7. The van der Waals surface area contributed by atoms with Crippen LogP contribution in [0.3, 0.4) is 0 Å². The number of thioether (sulfide) groups is 2. The monoisotopic (exact) mass is 1060 g/mol. The van der Waals surface area contributed by atoms with E-state index in [1.807, 2.05) is 109 Å². The van der Waals surface area contributed by atoms with Crippen LogP contribution >= 0.6 is 35.7 Å². The molecule has 73 heavy (non-hydrogen) atoms. The summed E-state index contributed by atoms with van der Waals surface area (Å²) in [5, 5.41) is 24.3. The van der Waals surface area contributed by atoms with Crippen LogP contribution in [0.15, 0.2) is 66.9 Å². The number of hydrogen-bond donors (Lipinski definition) is 5. The van der Waals surface area contributed by atoms with Crippen LogP contribution < -0.4 is 26.6 Å². The lowest BCUT2D eigenvalue weighted by molar-refractivity contribution is -0.144. The van der Waals surface area contributed by atoms with Gasteiger partial charge in [-0.3, -0.25) is 28.7 Å². The normalized spacial score (nSPS) is 25.0. The molecule has 0 spiro atoms. The van der Waals surface area contributed by atoms with E-state index in [0.717, 1.165) is 16.9 Å². The predicted octanol–water partition coefficient (Wildman–Crippen LogP) is 5.52. The van der Waals surface area contributed by atoms with Crippen molar-refractivity contribution in [2.75, 3.05) is 38.4 Å². The SMILES string of the molecule is CC[C@@H](C)C(=O)N[C@H]1CCS[C@H]2CC(C)(C)[C@@H](C(=O)N[C@H](COCCCn3cc(COC[C@@H](NC(=O)[C@H]4N5C(=O)[C@@H](NC(=S)[C@H](C)NC)CCS[C@H]5CC4(C)C)c4ccccc4)nn3)c3ccccc3)N2C1=O. The maximum absolute atomic E-state index is 14.5. The molecule has 4 aliphatic heterocycles. The highest BCUT2D eigenvalue weighted by Gasteiger charge is 2.56. The van der Waals surface area contributed by atoms with Crippen molar-refractivity contribution in [2.45, 2.75) is 153 Å². The van der Waals surface area contributed by atoms with Gasteiger partial charge in [0, 0.05) is 19.1 Å². The van der Waals surface area contributed by atoms with Crippen LogP contribution in [0.5, 0.6) is 0 Å². The minimum absolute atomic E-state index is 0.0973. The molecule has 0 unspecified atom stereocenters. The molecule has 20 heteroatoms. The zero-order valence-corrected chi connectivity index (χ0v) is 46.1. The molecule has 398 valence electrons. The first-order chi connectivity index (χ1) is 34.9. The Morgan fingerprint density at radius 1 is 0.781 bits per heavy atom. The molecule has 5 amide bonds. The number of nitrogens with zero attached hydrogens (tertiary/aromatic N) is 5. The van der Waals surface area contributed by atoms with Crippen LogP contribution in [0.1, 0.15) is 116 Å². The van der Waals surface area contributed by atoms with E-state index < -0.39 is 47.1 Å². The van der Waals surface area contributed by atoms with Crippen LogP contribution in [-0.4, -0.2) is 139 Å². The molecule has 2 aromatic carbocycles. The van der Waals surface area contributed by atoms with Crippen molar-refractivity contribution in [1.82, 2.24) is 51.4 Å². The third kappa shape index (κ3) is 13.8. The average molecular weight is 1060 g/mol. The number of benzene rings is 2. The van der Waals surface area contributed by atoms with Crippen molar-refractivity contribution in [1.29, 1.82) is 0 Å². The van der Waals surface area contributed by atoms with E-state index in [2.05, 4.69) is 50.7 Å². The molecular formula is C53H76N10O7S3. The topological polar surface area (TPSA) is 201 Å². The number of fused-ring (bicyclic) bond motifs is 2. The smallest absolute Gasteiger partial charge is 0.246 e. The summed E-state index contributed by atoms with van der Waals surface area (Å²) in [4.78, 5) is 74.3. The van der Waals surface area contributed by atoms with Gasteiger partial charge >= 0.3 is 0 Å². The van der Waals surface area contributed by atoms with Gasteiger partial charge in [-0.25, -0.2) is 0 Å². The number of likely N-dealkylation sites (N-methyl/N-ethyl adjacent to an activating group) is 1. The van der Waals surface area contributed by atoms with Crippen LogP contribution in [0, 0.1) is 16.7 Å². The lowest BCUT2D eigenvalue weighted by Crippen LogP contribution is -2.58. The van der Waals surface area contributed by atoms with Crippen molar-refractivity contribution in [3.63, 3.8) is 0 Å². The number of ether oxygens (including phenoxy) is 2. The Labute approximate surface area is 444 Å². The first-order valence-corrected chi connectivity index (χ1v) is 28.3. The third-order valence-electron chi connectivity index (χ3n) is 14.7. The van der Waals surface area contributed by atoms with E-state index in [1.54, 1.807) is 38.0 Å². The molecule has 4 fully saturated rings. The maximum atomic E-state index is 14.5. The van der Waals surface area contributed by atoms with Gasteiger partial charge in [-0.15, -0.1) is 28.6 Å². The third-order valence-corrected chi connectivity index (χ3v) is 17.7. The number of aryl methyl sites for hydroxylation is 1. The lowest BCUT2D eigenvalue weighted by atomic mass is 9.83. The Hall–Kier alpha value is -4.60. The van der Waals surface area contributed by atoms with Crippen LogP contribution in [0.2, 0.25) is 0 Å². The minimum Gasteiger partial charge on any atom is -0.379 e. The fraction of sp³-hybridized carbons (Fsp3) is 0.623. The van der Waals surface area contributed by atoms with Gasteiger partial charge in [0.1, 0.15) is 29.9 Å². The predicted molar refractivity (Wildman–Crippen MR) is 289 cm³/mol.